The lowest BCUT2D eigenvalue weighted by Gasteiger charge is -2.22. The van der Waals surface area contributed by atoms with Gasteiger partial charge in [-0.25, -0.2) is 9.59 Å². The largest absolute Gasteiger partial charge is 0.451 e. The van der Waals surface area contributed by atoms with Crippen molar-refractivity contribution in [3.63, 3.8) is 0 Å². The van der Waals surface area contributed by atoms with E-state index in [1.165, 1.54) is 18.7 Å². The molecule has 0 aromatic heterocycles. The van der Waals surface area contributed by atoms with Crippen LogP contribution in [0.3, 0.4) is 0 Å². The molecule has 29 heavy (non-hydrogen) atoms. The molecule has 1 rings (SSSR count). The molecule has 1 aromatic rings. The van der Waals surface area contributed by atoms with Gasteiger partial charge < -0.3 is 15.4 Å². The lowest BCUT2D eigenvalue weighted by Crippen LogP contribution is -2.51. The molecule has 3 N–H and O–H groups in total. The van der Waals surface area contributed by atoms with Crippen LogP contribution < -0.4 is 16.0 Å². The fraction of sp³-hybridized carbons (Fsp3) is 0.500. The SMILES string of the molecule is CSCC[C@H](NC(=O)c1ccccc1)C(=O)O[C@@H](C)C(=O)NC(=O)NC(C)(C)C. The van der Waals surface area contributed by atoms with Crippen molar-refractivity contribution >= 4 is 35.6 Å². The number of hydrogen-bond donors (Lipinski definition) is 3. The summed E-state index contributed by atoms with van der Waals surface area (Å²) in [5.41, 5.74) is -0.103. The minimum absolute atomic E-state index is 0.345. The Balaban J connectivity index is 2.70. The molecule has 2 atom stereocenters. The van der Waals surface area contributed by atoms with E-state index in [1.807, 2.05) is 6.26 Å². The minimum atomic E-state index is -1.20. The maximum atomic E-state index is 12.5. The molecule has 0 aliphatic rings. The van der Waals surface area contributed by atoms with Crippen LogP contribution in [0.25, 0.3) is 0 Å². The number of urea groups is 1. The zero-order chi connectivity index (χ0) is 22.0. The van der Waals surface area contributed by atoms with Crippen molar-refractivity contribution in [2.45, 2.75) is 51.8 Å². The monoisotopic (exact) mass is 423 g/mol. The van der Waals surface area contributed by atoms with E-state index in [4.69, 9.17) is 4.74 Å². The summed E-state index contributed by atoms with van der Waals surface area (Å²) in [7, 11) is 0. The van der Waals surface area contributed by atoms with Crippen LogP contribution in [0.15, 0.2) is 30.3 Å². The number of esters is 1. The number of amides is 4. The smallest absolute Gasteiger partial charge is 0.329 e. The average molecular weight is 424 g/mol. The van der Waals surface area contributed by atoms with Crippen LogP contribution in [-0.2, 0) is 14.3 Å². The van der Waals surface area contributed by atoms with Crippen molar-refractivity contribution in [3.8, 4) is 0 Å². The molecule has 160 valence electrons. The minimum Gasteiger partial charge on any atom is -0.451 e. The molecule has 0 saturated heterocycles. The van der Waals surface area contributed by atoms with Gasteiger partial charge >= 0.3 is 12.0 Å². The van der Waals surface area contributed by atoms with Crippen molar-refractivity contribution in [1.29, 1.82) is 0 Å². The van der Waals surface area contributed by atoms with Gasteiger partial charge in [-0.05, 0) is 58.3 Å². The van der Waals surface area contributed by atoms with Gasteiger partial charge in [0.15, 0.2) is 6.10 Å². The van der Waals surface area contributed by atoms with E-state index in [2.05, 4.69) is 16.0 Å². The molecule has 0 aliphatic carbocycles. The lowest BCUT2D eigenvalue weighted by atomic mass is 10.1. The second-order valence-corrected chi connectivity index (χ2v) is 8.43. The molecular formula is C20H29N3O5S. The maximum Gasteiger partial charge on any atom is 0.329 e. The fourth-order valence-electron chi connectivity index (χ4n) is 2.21. The summed E-state index contributed by atoms with van der Waals surface area (Å²) in [6.45, 7) is 6.67. The summed E-state index contributed by atoms with van der Waals surface area (Å²) in [4.78, 5) is 48.8. The molecule has 0 unspecified atom stereocenters. The zero-order valence-corrected chi connectivity index (χ0v) is 18.2. The first-order chi connectivity index (χ1) is 13.5. The molecule has 0 radical (unpaired) electrons. The standard InChI is InChI=1S/C20H29N3O5S/c1-13(16(24)22-19(27)23-20(2,3)4)28-18(26)15(11-12-29-5)21-17(25)14-9-7-6-8-10-14/h6-10,13,15H,11-12H2,1-5H3,(H,21,25)(H2,22,23,24,27)/t13-,15-/m0/s1. The van der Waals surface area contributed by atoms with Crippen molar-refractivity contribution in [3.05, 3.63) is 35.9 Å². The number of carbonyl (C=O) groups is 4. The first-order valence-corrected chi connectivity index (χ1v) is 10.6. The number of carbonyl (C=O) groups excluding carboxylic acids is 4. The van der Waals surface area contributed by atoms with Crippen LogP contribution in [-0.4, -0.2) is 53.5 Å². The highest BCUT2D eigenvalue weighted by Crippen LogP contribution is 2.07. The van der Waals surface area contributed by atoms with Crippen LogP contribution in [0, 0.1) is 0 Å². The second-order valence-electron chi connectivity index (χ2n) is 7.45. The van der Waals surface area contributed by atoms with Crippen LogP contribution >= 0.6 is 11.8 Å². The van der Waals surface area contributed by atoms with Crippen LogP contribution in [0.5, 0.6) is 0 Å². The first-order valence-electron chi connectivity index (χ1n) is 9.22. The topological polar surface area (TPSA) is 114 Å². The number of benzene rings is 1. The molecule has 0 fully saturated rings. The van der Waals surface area contributed by atoms with Crippen LogP contribution in [0.4, 0.5) is 4.79 Å². The predicted molar refractivity (Wildman–Crippen MR) is 113 cm³/mol. The van der Waals surface area contributed by atoms with E-state index in [-0.39, 0.29) is 0 Å². The van der Waals surface area contributed by atoms with Gasteiger partial charge in [-0.1, -0.05) is 18.2 Å². The molecule has 8 nitrogen and oxygen atoms in total. The third kappa shape index (κ3) is 9.47. The van der Waals surface area contributed by atoms with Gasteiger partial charge in [0.05, 0.1) is 0 Å². The Labute approximate surface area is 175 Å². The molecule has 0 aliphatic heterocycles. The summed E-state index contributed by atoms with van der Waals surface area (Å²) >= 11 is 1.52. The van der Waals surface area contributed by atoms with E-state index in [1.54, 1.807) is 51.1 Å². The Morgan fingerprint density at radius 1 is 1.10 bits per heavy atom. The van der Waals surface area contributed by atoms with Gasteiger partial charge in [0.1, 0.15) is 6.04 Å². The third-order valence-electron chi connectivity index (χ3n) is 3.62. The summed E-state index contributed by atoms with van der Waals surface area (Å²) < 4.78 is 5.18. The number of thioether (sulfide) groups is 1. The number of hydrogen-bond acceptors (Lipinski definition) is 6. The second kappa shape index (κ2) is 11.5. The number of nitrogens with one attached hydrogen (secondary N) is 3. The first kappa shape index (κ1) is 24.5. The van der Waals surface area contributed by atoms with Gasteiger partial charge in [-0.3, -0.25) is 14.9 Å². The summed E-state index contributed by atoms with van der Waals surface area (Å²) in [5.74, 6) is -1.28. The third-order valence-corrected chi connectivity index (χ3v) is 4.27. The normalized spacial score (nSPS) is 13.0. The predicted octanol–water partition coefficient (Wildman–Crippen LogP) is 2.09. The Morgan fingerprint density at radius 3 is 2.28 bits per heavy atom. The Kier molecular flexibility index (Phi) is 9.67. The maximum absolute atomic E-state index is 12.5. The van der Waals surface area contributed by atoms with Crippen LogP contribution in [0.2, 0.25) is 0 Å². The Bertz CT molecular complexity index is 719. The Morgan fingerprint density at radius 2 is 1.72 bits per heavy atom. The van der Waals surface area contributed by atoms with Crippen molar-refractivity contribution < 1.29 is 23.9 Å². The molecule has 1 aromatic carbocycles. The number of imide groups is 1. The summed E-state index contributed by atoms with van der Waals surface area (Å²) in [5, 5.41) is 7.36. The number of ether oxygens (including phenoxy) is 1. The van der Waals surface area contributed by atoms with E-state index >= 15 is 0 Å². The average Bonchev–Trinajstić information content (AvgIpc) is 2.63. The highest BCUT2D eigenvalue weighted by Gasteiger charge is 2.27. The van der Waals surface area contributed by atoms with Crippen molar-refractivity contribution in [2.75, 3.05) is 12.0 Å². The van der Waals surface area contributed by atoms with Gasteiger partial charge in [0.2, 0.25) is 0 Å². The molecule has 0 bridgehead atoms. The van der Waals surface area contributed by atoms with Crippen LogP contribution in [0.1, 0.15) is 44.5 Å². The molecule has 9 heteroatoms. The molecule has 4 amide bonds. The van der Waals surface area contributed by atoms with Crippen molar-refractivity contribution in [1.82, 2.24) is 16.0 Å². The highest BCUT2D eigenvalue weighted by molar-refractivity contribution is 7.98. The summed E-state index contributed by atoms with van der Waals surface area (Å²) in [6, 6.07) is 6.91. The van der Waals surface area contributed by atoms with Gasteiger partial charge in [0.25, 0.3) is 11.8 Å². The van der Waals surface area contributed by atoms with Gasteiger partial charge in [-0.2, -0.15) is 11.8 Å². The van der Waals surface area contributed by atoms with E-state index < -0.39 is 41.5 Å². The highest BCUT2D eigenvalue weighted by atomic mass is 32.2. The molecule has 0 saturated carbocycles. The lowest BCUT2D eigenvalue weighted by molar-refractivity contribution is -0.156. The Hall–Kier alpha value is -2.55. The number of rotatable bonds is 8. The van der Waals surface area contributed by atoms with E-state index in [9.17, 15) is 19.2 Å². The molecular weight excluding hydrogens is 394 g/mol. The van der Waals surface area contributed by atoms with Gasteiger partial charge in [-0.15, -0.1) is 0 Å². The van der Waals surface area contributed by atoms with Crippen molar-refractivity contribution in [2.24, 2.45) is 0 Å². The summed E-state index contributed by atoms with van der Waals surface area (Å²) in [6.07, 6.45) is 1.03. The van der Waals surface area contributed by atoms with E-state index in [0.29, 0.717) is 17.7 Å². The molecule has 0 heterocycles. The van der Waals surface area contributed by atoms with Gasteiger partial charge in [0, 0.05) is 11.1 Å². The molecule has 0 spiro atoms. The van der Waals surface area contributed by atoms with E-state index in [0.717, 1.165) is 0 Å². The quantitative estimate of drug-likeness (QED) is 0.552. The fourth-order valence-corrected chi connectivity index (χ4v) is 2.68. The zero-order valence-electron chi connectivity index (χ0n) is 17.4.